The summed E-state index contributed by atoms with van der Waals surface area (Å²) in [5.74, 6) is -1.65. The number of carbonyl (C=O) groups is 5. The molecule has 5 N–H and O–H groups in total. The zero-order valence-electron chi connectivity index (χ0n) is 30.0. The van der Waals surface area contributed by atoms with Crippen molar-refractivity contribution in [3.05, 3.63) is 95.3 Å². The lowest BCUT2D eigenvalue weighted by atomic mass is 9.96. The van der Waals surface area contributed by atoms with Gasteiger partial charge in [0.25, 0.3) is 11.8 Å². The molecule has 0 saturated carbocycles. The van der Waals surface area contributed by atoms with E-state index in [0.29, 0.717) is 55.8 Å². The molecule has 274 valence electrons. The number of fused-ring (bicyclic) bond motifs is 19. The topological polar surface area (TPSA) is 175 Å². The van der Waals surface area contributed by atoms with Crippen molar-refractivity contribution in [3.63, 3.8) is 0 Å². The summed E-state index contributed by atoms with van der Waals surface area (Å²) in [7, 11) is 1.56. The van der Waals surface area contributed by atoms with Crippen LogP contribution >= 0.6 is 0 Å². The van der Waals surface area contributed by atoms with E-state index >= 15 is 0 Å². The first-order valence-corrected chi connectivity index (χ1v) is 17.7. The number of methoxy groups -OCH3 is 1. The number of imidazole rings is 1. The van der Waals surface area contributed by atoms with Gasteiger partial charge in [0.05, 0.1) is 24.5 Å². The number of hydrogen-bond donors (Lipinski definition) is 5. The van der Waals surface area contributed by atoms with E-state index in [1.54, 1.807) is 92.0 Å². The van der Waals surface area contributed by atoms with Crippen molar-refractivity contribution in [1.29, 1.82) is 0 Å². The standard InChI is InChI=1S/C39H47N7O6/c1-5-24(2)34-38(50)44-33(20-26-10-15-30(52-4)16-11-26)37(49)43-25(3)35(47)40-18-6-7-19-46(22-27-8-12-28(13-9-27)36(48)45-34)39(51)29-14-17-31-32(21-29)42-23-41-31/h8-17,21,23-25,33-34H,5-7,18-20,22H2,1-4H3,(H,40,47)(H,41,42)(H,43,49)(H,44,50)(H,45,48)/t24-,25+,33-,34?/m0/s1. The Balaban J connectivity index is 1.40. The molecular weight excluding hydrogens is 662 g/mol. The van der Waals surface area contributed by atoms with Crippen molar-refractivity contribution >= 4 is 40.6 Å². The smallest absolute Gasteiger partial charge is 0.254 e. The Morgan fingerprint density at radius 1 is 0.923 bits per heavy atom. The summed E-state index contributed by atoms with van der Waals surface area (Å²) in [5.41, 5.74) is 3.96. The Labute approximate surface area is 303 Å². The highest BCUT2D eigenvalue weighted by molar-refractivity contribution is 5.99. The van der Waals surface area contributed by atoms with Crippen LogP contribution in [0.15, 0.2) is 73.1 Å². The molecule has 1 aromatic heterocycles. The highest BCUT2D eigenvalue weighted by Crippen LogP contribution is 2.18. The summed E-state index contributed by atoms with van der Waals surface area (Å²) in [6.45, 7) is 6.41. The SMILES string of the molecule is CC[C@H](C)C1NC(=O)c2ccc(cc2)CN(C(=O)c2ccc3nc[nH]c3c2)CCCCNC(=O)[C@@H](C)NC(=O)[C@H](Cc2ccc(OC)cc2)NC1=O. The minimum Gasteiger partial charge on any atom is -0.497 e. The average molecular weight is 710 g/mol. The molecule has 1 unspecified atom stereocenters. The third-order valence-corrected chi connectivity index (χ3v) is 9.46. The molecule has 4 atom stereocenters. The quantitative estimate of drug-likeness (QED) is 0.191. The molecule has 2 bridgehead atoms. The molecule has 3 aromatic carbocycles. The van der Waals surface area contributed by atoms with Crippen molar-refractivity contribution in [2.45, 2.75) is 71.1 Å². The van der Waals surface area contributed by atoms with Gasteiger partial charge in [0.2, 0.25) is 17.7 Å². The zero-order valence-corrected chi connectivity index (χ0v) is 30.0. The molecule has 5 amide bonds. The van der Waals surface area contributed by atoms with Crippen LogP contribution in [0.3, 0.4) is 0 Å². The number of nitrogens with zero attached hydrogens (tertiary/aromatic N) is 2. The Morgan fingerprint density at radius 2 is 1.67 bits per heavy atom. The summed E-state index contributed by atoms with van der Waals surface area (Å²) in [6.07, 6.45) is 3.50. The largest absolute Gasteiger partial charge is 0.497 e. The molecule has 6 rings (SSSR count). The Hall–Kier alpha value is -5.72. The van der Waals surface area contributed by atoms with Crippen LogP contribution in [0.25, 0.3) is 11.0 Å². The van der Waals surface area contributed by atoms with Gasteiger partial charge in [-0.2, -0.15) is 0 Å². The Morgan fingerprint density at radius 3 is 2.38 bits per heavy atom. The first-order valence-electron chi connectivity index (χ1n) is 17.7. The Bertz CT molecular complexity index is 1870. The number of H-pyrrole nitrogens is 1. The maximum absolute atomic E-state index is 13.8. The number of aromatic nitrogens is 2. The number of ether oxygens (including phenoxy) is 1. The number of hydrogen-bond acceptors (Lipinski definition) is 7. The van der Waals surface area contributed by atoms with Gasteiger partial charge in [-0.25, -0.2) is 4.98 Å². The van der Waals surface area contributed by atoms with E-state index in [0.717, 1.165) is 22.2 Å². The van der Waals surface area contributed by atoms with Crippen molar-refractivity contribution < 1.29 is 28.7 Å². The minimum atomic E-state index is -1.04. The van der Waals surface area contributed by atoms with E-state index in [9.17, 15) is 24.0 Å². The normalized spacial score (nSPS) is 20.2. The van der Waals surface area contributed by atoms with Gasteiger partial charge in [-0.15, -0.1) is 0 Å². The Kier molecular flexibility index (Phi) is 12.6. The summed E-state index contributed by atoms with van der Waals surface area (Å²) >= 11 is 0. The van der Waals surface area contributed by atoms with E-state index in [2.05, 4.69) is 31.2 Å². The fourth-order valence-corrected chi connectivity index (χ4v) is 6.05. The summed E-state index contributed by atoms with van der Waals surface area (Å²) in [5, 5.41) is 11.4. The zero-order chi connectivity index (χ0) is 37.2. The average Bonchev–Trinajstić information content (AvgIpc) is 3.63. The predicted molar refractivity (Wildman–Crippen MR) is 196 cm³/mol. The van der Waals surface area contributed by atoms with Crippen LogP contribution in [0.4, 0.5) is 0 Å². The monoisotopic (exact) mass is 709 g/mol. The van der Waals surface area contributed by atoms with Crippen molar-refractivity contribution in [2.75, 3.05) is 20.2 Å². The molecular formula is C39H47N7O6. The lowest BCUT2D eigenvalue weighted by molar-refractivity contribution is -0.132. The van der Waals surface area contributed by atoms with Gasteiger partial charge in [-0.3, -0.25) is 24.0 Å². The van der Waals surface area contributed by atoms with Crippen LogP contribution in [0.1, 0.15) is 71.9 Å². The molecule has 13 nitrogen and oxygen atoms in total. The lowest BCUT2D eigenvalue weighted by Crippen LogP contribution is -2.58. The first-order chi connectivity index (χ1) is 25.1. The van der Waals surface area contributed by atoms with Gasteiger partial charge in [0, 0.05) is 37.2 Å². The van der Waals surface area contributed by atoms with E-state index in [4.69, 9.17) is 4.74 Å². The van der Waals surface area contributed by atoms with Crippen LogP contribution < -0.4 is 26.0 Å². The van der Waals surface area contributed by atoms with Gasteiger partial charge >= 0.3 is 0 Å². The van der Waals surface area contributed by atoms with Crippen LogP contribution in [-0.2, 0) is 27.3 Å². The third kappa shape index (κ3) is 9.53. The number of carbonyl (C=O) groups excluding carboxylic acids is 5. The summed E-state index contributed by atoms with van der Waals surface area (Å²) < 4.78 is 5.26. The number of amides is 5. The molecule has 13 heteroatoms. The van der Waals surface area contributed by atoms with E-state index in [1.165, 1.54) is 0 Å². The van der Waals surface area contributed by atoms with E-state index in [-0.39, 0.29) is 24.2 Å². The van der Waals surface area contributed by atoms with Crippen LogP contribution in [0.5, 0.6) is 5.75 Å². The number of nitrogens with one attached hydrogen (secondary N) is 5. The molecule has 2 aliphatic rings. The van der Waals surface area contributed by atoms with Crippen molar-refractivity contribution in [1.82, 2.24) is 36.1 Å². The van der Waals surface area contributed by atoms with Crippen molar-refractivity contribution in [2.24, 2.45) is 5.92 Å². The van der Waals surface area contributed by atoms with Crippen LogP contribution in [0.2, 0.25) is 0 Å². The predicted octanol–water partition coefficient (Wildman–Crippen LogP) is 3.50. The molecule has 0 fully saturated rings. The molecule has 4 aromatic rings. The van der Waals surface area contributed by atoms with Gasteiger partial charge < -0.3 is 35.9 Å². The van der Waals surface area contributed by atoms with Gasteiger partial charge in [-0.05, 0) is 79.3 Å². The molecule has 2 aliphatic heterocycles. The lowest BCUT2D eigenvalue weighted by Gasteiger charge is -2.27. The van der Waals surface area contributed by atoms with Crippen molar-refractivity contribution in [3.8, 4) is 5.75 Å². The fraction of sp³-hybridized carbons (Fsp3) is 0.385. The van der Waals surface area contributed by atoms with Gasteiger partial charge in [0.1, 0.15) is 23.9 Å². The molecule has 0 aliphatic carbocycles. The second-order valence-corrected chi connectivity index (χ2v) is 13.2. The molecule has 0 saturated heterocycles. The maximum atomic E-state index is 13.8. The van der Waals surface area contributed by atoms with Crippen LogP contribution in [0, 0.1) is 5.92 Å². The summed E-state index contributed by atoms with van der Waals surface area (Å²) in [6, 6.07) is 16.5. The maximum Gasteiger partial charge on any atom is 0.254 e. The number of aromatic amines is 1. The second kappa shape index (κ2) is 17.5. The second-order valence-electron chi connectivity index (χ2n) is 13.2. The first kappa shape index (κ1) is 37.5. The number of rotatable bonds is 6. The van der Waals surface area contributed by atoms with Crippen LogP contribution in [-0.4, -0.2) is 82.7 Å². The minimum absolute atomic E-state index is 0.142. The third-order valence-electron chi connectivity index (χ3n) is 9.46. The van der Waals surface area contributed by atoms with E-state index < -0.39 is 35.8 Å². The molecule has 0 radical (unpaired) electrons. The highest BCUT2D eigenvalue weighted by Gasteiger charge is 2.31. The highest BCUT2D eigenvalue weighted by atomic mass is 16.5. The number of benzene rings is 3. The van der Waals surface area contributed by atoms with Gasteiger partial charge in [-0.1, -0.05) is 44.5 Å². The molecule has 52 heavy (non-hydrogen) atoms. The summed E-state index contributed by atoms with van der Waals surface area (Å²) in [4.78, 5) is 76.9. The van der Waals surface area contributed by atoms with Gasteiger partial charge in [0.15, 0.2) is 0 Å². The van der Waals surface area contributed by atoms with E-state index in [1.807, 2.05) is 13.8 Å². The molecule has 0 spiro atoms. The fourth-order valence-electron chi connectivity index (χ4n) is 6.05. The molecule has 3 heterocycles.